The average Bonchev–Trinajstić information content (AvgIpc) is 3.31. The van der Waals surface area contributed by atoms with E-state index >= 15 is 0 Å². The standard InChI is InChI=1S/C16H19N3O2S/c1-3-11-4-6-12(7-5-11)14(20)10(2)22-16-18-17-15(21)19(16)13-8-9-13/h4-7,10,13H,3,8-9H2,1-2H3,(H,17,21)/t10-/m1/s1. The van der Waals surface area contributed by atoms with Gasteiger partial charge in [0.25, 0.3) is 0 Å². The quantitative estimate of drug-likeness (QED) is 0.657. The molecular formula is C16H19N3O2S. The van der Waals surface area contributed by atoms with Crippen molar-refractivity contribution in [1.29, 1.82) is 0 Å². The van der Waals surface area contributed by atoms with Gasteiger partial charge in [-0.25, -0.2) is 9.89 Å². The number of rotatable bonds is 6. The minimum atomic E-state index is -0.278. The van der Waals surface area contributed by atoms with Crippen LogP contribution in [0.25, 0.3) is 0 Å². The van der Waals surface area contributed by atoms with Crippen LogP contribution in [0.1, 0.15) is 48.7 Å². The highest BCUT2D eigenvalue weighted by Crippen LogP contribution is 2.37. The maximum Gasteiger partial charge on any atom is 0.344 e. The molecular weight excluding hydrogens is 298 g/mol. The molecule has 0 bridgehead atoms. The molecule has 0 spiro atoms. The van der Waals surface area contributed by atoms with Crippen molar-refractivity contribution in [3.05, 3.63) is 45.9 Å². The van der Waals surface area contributed by atoms with Crippen molar-refractivity contribution in [1.82, 2.24) is 14.8 Å². The molecule has 0 saturated heterocycles. The summed E-state index contributed by atoms with van der Waals surface area (Å²) < 4.78 is 1.68. The summed E-state index contributed by atoms with van der Waals surface area (Å²) in [5, 5.41) is 6.87. The number of Topliss-reactive ketones (excluding diaryl/α,β-unsaturated/α-hetero) is 1. The third kappa shape index (κ3) is 3.02. The van der Waals surface area contributed by atoms with E-state index in [-0.39, 0.29) is 22.8 Å². The predicted molar refractivity (Wildman–Crippen MR) is 86.6 cm³/mol. The Balaban J connectivity index is 1.74. The van der Waals surface area contributed by atoms with Crippen LogP contribution in [0.4, 0.5) is 0 Å². The first-order valence-corrected chi connectivity index (χ1v) is 8.44. The first-order valence-electron chi connectivity index (χ1n) is 7.57. The van der Waals surface area contributed by atoms with Crippen LogP contribution < -0.4 is 5.69 Å². The molecule has 1 aromatic heterocycles. The highest BCUT2D eigenvalue weighted by Gasteiger charge is 2.30. The van der Waals surface area contributed by atoms with Gasteiger partial charge >= 0.3 is 5.69 Å². The van der Waals surface area contributed by atoms with Crippen molar-refractivity contribution in [2.24, 2.45) is 0 Å². The first kappa shape index (κ1) is 15.1. The molecule has 1 N–H and O–H groups in total. The number of carbonyl (C=O) groups is 1. The molecule has 1 fully saturated rings. The van der Waals surface area contributed by atoms with Crippen molar-refractivity contribution in [2.45, 2.75) is 49.6 Å². The molecule has 1 aliphatic rings. The number of nitrogens with one attached hydrogen (secondary N) is 1. The smallest absolute Gasteiger partial charge is 0.293 e. The summed E-state index contributed by atoms with van der Waals surface area (Å²) in [6, 6.07) is 7.96. The maximum atomic E-state index is 12.5. The normalized spacial score (nSPS) is 15.7. The van der Waals surface area contributed by atoms with Crippen molar-refractivity contribution in [2.75, 3.05) is 0 Å². The number of H-pyrrole nitrogens is 1. The lowest BCUT2D eigenvalue weighted by molar-refractivity contribution is 0.0994. The molecule has 0 unspecified atom stereocenters. The topological polar surface area (TPSA) is 67.8 Å². The van der Waals surface area contributed by atoms with Crippen LogP contribution in [0.3, 0.4) is 0 Å². The summed E-state index contributed by atoms with van der Waals surface area (Å²) >= 11 is 1.34. The Hall–Kier alpha value is -1.82. The Morgan fingerprint density at radius 2 is 2.09 bits per heavy atom. The van der Waals surface area contributed by atoms with E-state index in [0.29, 0.717) is 10.7 Å². The largest absolute Gasteiger partial charge is 0.344 e. The van der Waals surface area contributed by atoms with E-state index in [0.717, 1.165) is 19.3 Å². The van der Waals surface area contributed by atoms with Crippen molar-refractivity contribution in [3.63, 3.8) is 0 Å². The Morgan fingerprint density at radius 3 is 2.68 bits per heavy atom. The van der Waals surface area contributed by atoms with E-state index in [1.807, 2.05) is 31.2 Å². The summed E-state index contributed by atoms with van der Waals surface area (Å²) in [5.74, 6) is 0.0606. The van der Waals surface area contributed by atoms with Gasteiger partial charge in [0.15, 0.2) is 10.9 Å². The predicted octanol–water partition coefficient (Wildman–Crippen LogP) is 2.83. The first-order chi connectivity index (χ1) is 10.6. The number of aryl methyl sites for hydroxylation is 1. The zero-order valence-corrected chi connectivity index (χ0v) is 13.5. The molecule has 1 atom stereocenters. The molecule has 22 heavy (non-hydrogen) atoms. The van der Waals surface area contributed by atoms with E-state index in [4.69, 9.17) is 0 Å². The van der Waals surface area contributed by atoms with Gasteiger partial charge in [0.05, 0.1) is 5.25 Å². The highest BCUT2D eigenvalue weighted by atomic mass is 32.2. The van der Waals surface area contributed by atoms with Crippen molar-refractivity contribution < 1.29 is 4.79 Å². The van der Waals surface area contributed by atoms with Crippen LogP contribution in [0.15, 0.2) is 34.2 Å². The van der Waals surface area contributed by atoms with E-state index in [2.05, 4.69) is 17.1 Å². The lowest BCUT2D eigenvalue weighted by Crippen LogP contribution is -2.18. The third-order valence-electron chi connectivity index (χ3n) is 3.88. The van der Waals surface area contributed by atoms with Gasteiger partial charge in [-0.3, -0.25) is 9.36 Å². The van der Waals surface area contributed by atoms with Crippen molar-refractivity contribution >= 4 is 17.5 Å². The van der Waals surface area contributed by atoms with Crippen LogP contribution >= 0.6 is 11.8 Å². The lowest BCUT2D eigenvalue weighted by atomic mass is 10.1. The van der Waals surface area contributed by atoms with Crippen LogP contribution in [-0.4, -0.2) is 25.8 Å². The van der Waals surface area contributed by atoms with Crippen LogP contribution in [0, 0.1) is 0 Å². The van der Waals surface area contributed by atoms with Gasteiger partial charge in [-0.05, 0) is 31.7 Å². The van der Waals surface area contributed by atoms with Gasteiger partial charge in [0.1, 0.15) is 0 Å². The van der Waals surface area contributed by atoms with Gasteiger partial charge in [-0.15, -0.1) is 5.10 Å². The second-order valence-electron chi connectivity index (χ2n) is 5.59. The Labute approximate surface area is 133 Å². The van der Waals surface area contributed by atoms with E-state index < -0.39 is 0 Å². The molecule has 6 heteroatoms. The Morgan fingerprint density at radius 1 is 1.41 bits per heavy atom. The zero-order valence-electron chi connectivity index (χ0n) is 12.7. The average molecular weight is 317 g/mol. The van der Waals surface area contributed by atoms with Gasteiger partial charge in [0, 0.05) is 11.6 Å². The summed E-state index contributed by atoms with van der Waals surface area (Å²) in [7, 11) is 0. The molecule has 1 aromatic carbocycles. The SMILES string of the molecule is CCc1ccc(C(=O)[C@@H](C)Sc2n[nH]c(=O)n2C2CC2)cc1. The molecule has 0 amide bonds. The number of benzene rings is 1. The van der Waals surface area contributed by atoms with Crippen LogP contribution in [0.5, 0.6) is 0 Å². The number of carbonyl (C=O) groups excluding carboxylic acids is 1. The summed E-state index contributed by atoms with van der Waals surface area (Å²) in [6.07, 6.45) is 2.97. The summed E-state index contributed by atoms with van der Waals surface area (Å²) in [6.45, 7) is 3.95. The van der Waals surface area contributed by atoms with E-state index in [9.17, 15) is 9.59 Å². The third-order valence-corrected chi connectivity index (χ3v) is 4.95. The molecule has 3 rings (SSSR count). The van der Waals surface area contributed by atoms with Gasteiger partial charge in [-0.1, -0.05) is 43.0 Å². The summed E-state index contributed by atoms with van der Waals surface area (Å²) in [4.78, 5) is 24.3. The second kappa shape index (κ2) is 6.12. The Kier molecular flexibility index (Phi) is 4.20. The minimum Gasteiger partial charge on any atom is -0.293 e. The molecule has 1 aliphatic carbocycles. The minimum absolute atomic E-state index is 0.0606. The van der Waals surface area contributed by atoms with E-state index in [1.165, 1.54) is 17.3 Å². The molecule has 2 aromatic rings. The molecule has 1 saturated carbocycles. The van der Waals surface area contributed by atoms with Crippen LogP contribution in [0.2, 0.25) is 0 Å². The number of nitrogens with zero attached hydrogens (tertiary/aromatic N) is 2. The number of hydrogen-bond donors (Lipinski definition) is 1. The fourth-order valence-electron chi connectivity index (χ4n) is 2.38. The highest BCUT2D eigenvalue weighted by molar-refractivity contribution is 8.00. The number of thioether (sulfide) groups is 1. The van der Waals surface area contributed by atoms with Crippen molar-refractivity contribution in [3.8, 4) is 0 Å². The number of aromatic nitrogens is 3. The Bertz CT molecular complexity index is 729. The number of hydrogen-bond acceptors (Lipinski definition) is 4. The van der Waals surface area contributed by atoms with Crippen LogP contribution in [-0.2, 0) is 6.42 Å². The van der Waals surface area contributed by atoms with Gasteiger partial charge in [-0.2, -0.15) is 0 Å². The zero-order chi connectivity index (χ0) is 15.7. The lowest BCUT2D eigenvalue weighted by Gasteiger charge is -2.10. The molecule has 0 radical (unpaired) electrons. The monoisotopic (exact) mass is 317 g/mol. The van der Waals surface area contributed by atoms with Gasteiger partial charge in [0.2, 0.25) is 0 Å². The van der Waals surface area contributed by atoms with E-state index in [1.54, 1.807) is 4.57 Å². The molecule has 5 nitrogen and oxygen atoms in total. The number of aromatic amines is 1. The number of ketones is 1. The molecule has 0 aliphatic heterocycles. The van der Waals surface area contributed by atoms with Gasteiger partial charge < -0.3 is 0 Å². The fraction of sp³-hybridized carbons (Fsp3) is 0.438. The second-order valence-corrected chi connectivity index (χ2v) is 6.90. The summed E-state index contributed by atoms with van der Waals surface area (Å²) in [5.41, 5.74) is 1.73. The molecule has 116 valence electrons. The molecule has 1 heterocycles. The maximum absolute atomic E-state index is 12.5. The fourth-order valence-corrected chi connectivity index (χ4v) is 3.38.